The number of hydrogen-bond donors (Lipinski definition) is 0. The van der Waals surface area contributed by atoms with Crippen molar-refractivity contribution in [1.82, 2.24) is 4.98 Å². The summed E-state index contributed by atoms with van der Waals surface area (Å²) < 4.78 is 0. The van der Waals surface area contributed by atoms with Crippen LogP contribution < -0.4 is 4.90 Å². The minimum Gasteiger partial charge on any atom is -0.363 e. The summed E-state index contributed by atoms with van der Waals surface area (Å²) in [6, 6.07) is 2.14. The van der Waals surface area contributed by atoms with Crippen LogP contribution in [0.3, 0.4) is 0 Å². The molecule has 0 N–H and O–H groups in total. The summed E-state index contributed by atoms with van der Waals surface area (Å²) in [5.41, 5.74) is 2.82. The van der Waals surface area contributed by atoms with Gasteiger partial charge in [0, 0.05) is 20.3 Å². The van der Waals surface area contributed by atoms with Gasteiger partial charge in [0.1, 0.15) is 5.82 Å². The van der Waals surface area contributed by atoms with Crippen LogP contribution in [0.25, 0.3) is 0 Å². The highest BCUT2D eigenvalue weighted by molar-refractivity contribution is 5.43. The number of aryl methyl sites for hydroxylation is 1. The topological polar surface area (TPSA) is 16.1 Å². The Labute approximate surface area is 87.0 Å². The van der Waals surface area contributed by atoms with Crippen LogP contribution >= 0.6 is 0 Å². The van der Waals surface area contributed by atoms with E-state index < -0.39 is 0 Å². The zero-order valence-electron chi connectivity index (χ0n) is 10.0. The number of aromatic nitrogens is 1. The third-order valence-electron chi connectivity index (χ3n) is 2.36. The van der Waals surface area contributed by atoms with E-state index in [0.29, 0.717) is 0 Å². The molecule has 1 rings (SSSR count). The van der Waals surface area contributed by atoms with E-state index in [4.69, 9.17) is 0 Å². The third kappa shape index (κ3) is 2.25. The maximum absolute atomic E-state index is 4.43. The summed E-state index contributed by atoms with van der Waals surface area (Å²) in [5, 5.41) is 0. The molecule has 0 bridgehead atoms. The van der Waals surface area contributed by atoms with Crippen molar-refractivity contribution in [3.8, 4) is 0 Å². The second kappa shape index (κ2) is 3.60. The van der Waals surface area contributed by atoms with Crippen molar-refractivity contribution >= 4 is 5.82 Å². The normalized spacial score (nSPS) is 11.6. The molecule has 1 aromatic heterocycles. The lowest BCUT2D eigenvalue weighted by molar-refractivity contribution is 0.583. The molecule has 0 amide bonds. The lowest BCUT2D eigenvalue weighted by Gasteiger charge is -2.22. The minimum atomic E-state index is 0.182. The van der Waals surface area contributed by atoms with E-state index in [-0.39, 0.29) is 5.41 Å². The van der Waals surface area contributed by atoms with E-state index in [1.54, 1.807) is 0 Å². The first-order chi connectivity index (χ1) is 6.32. The molecule has 14 heavy (non-hydrogen) atoms. The van der Waals surface area contributed by atoms with Crippen molar-refractivity contribution in [3.63, 3.8) is 0 Å². The van der Waals surface area contributed by atoms with Crippen LogP contribution in [0.5, 0.6) is 0 Å². The Morgan fingerprint density at radius 1 is 1.21 bits per heavy atom. The molecule has 2 nitrogen and oxygen atoms in total. The summed E-state index contributed by atoms with van der Waals surface area (Å²) in [4.78, 5) is 6.46. The van der Waals surface area contributed by atoms with Gasteiger partial charge in [-0.1, -0.05) is 20.8 Å². The zero-order valence-corrected chi connectivity index (χ0v) is 10.0. The monoisotopic (exact) mass is 192 g/mol. The predicted octanol–water partition coefficient (Wildman–Crippen LogP) is 2.75. The highest BCUT2D eigenvalue weighted by Crippen LogP contribution is 2.26. The molecule has 0 aliphatic carbocycles. The van der Waals surface area contributed by atoms with Crippen LogP contribution in [0.1, 0.15) is 31.9 Å². The van der Waals surface area contributed by atoms with Crippen LogP contribution in [0, 0.1) is 6.92 Å². The number of hydrogen-bond acceptors (Lipinski definition) is 2. The van der Waals surface area contributed by atoms with Gasteiger partial charge >= 0.3 is 0 Å². The largest absolute Gasteiger partial charge is 0.363 e. The van der Waals surface area contributed by atoms with Crippen LogP contribution in [-0.4, -0.2) is 19.1 Å². The predicted molar refractivity (Wildman–Crippen MR) is 62.0 cm³/mol. The summed E-state index contributed by atoms with van der Waals surface area (Å²) in [7, 11) is 4.02. The van der Waals surface area contributed by atoms with E-state index in [0.717, 1.165) is 5.82 Å². The lowest BCUT2D eigenvalue weighted by atomic mass is 9.85. The molecule has 0 saturated heterocycles. The van der Waals surface area contributed by atoms with Gasteiger partial charge in [-0.3, -0.25) is 0 Å². The Kier molecular flexibility index (Phi) is 2.84. The summed E-state index contributed by atoms with van der Waals surface area (Å²) in [6.45, 7) is 8.79. The molecule has 1 aromatic rings. The van der Waals surface area contributed by atoms with Crippen LogP contribution in [0.15, 0.2) is 12.3 Å². The highest BCUT2D eigenvalue weighted by atomic mass is 15.1. The van der Waals surface area contributed by atoms with Crippen molar-refractivity contribution in [2.75, 3.05) is 19.0 Å². The molecule has 0 unspecified atom stereocenters. The first kappa shape index (κ1) is 11.0. The molecular weight excluding hydrogens is 172 g/mol. The van der Waals surface area contributed by atoms with Crippen molar-refractivity contribution < 1.29 is 0 Å². The van der Waals surface area contributed by atoms with Crippen molar-refractivity contribution in [2.24, 2.45) is 0 Å². The van der Waals surface area contributed by atoms with Crippen molar-refractivity contribution in [2.45, 2.75) is 33.1 Å². The van der Waals surface area contributed by atoms with Crippen molar-refractivity contribution in [3.05, 3.63) is 23.4 Å². The molecule has 0 aliphatic heterocycles. The second-order valence-electron chi connectivity index (χ2n) is 5.00. The summed E-state index contributed by atoms with van der Waals surface area (Å²) in [5.74, 6) is 1.02. The van der Waals surface area contributed by atoms with Gasteiger partial charge in [0.25, 0.3) is 0 Å². The molecule has 78 valence electrons. The number of pyridine rings is 1. The van der Waals surface area contributed by atoms with E-state index in [1.165, 1.54) is 11.1 Å². The molecule has 0 saturated carbocycles. The van der Waals surface area contributed by atoms with E-state index in [1.807, 2.05) is 25.2 Å². The van der Waals surface area contributed by atoms with Gasteiger partial charge in [0.15, 0.2) is 0 Å². The van der Waals surface area contributed by atoms with Crippen molar-refractivity contribution in [1.29, 1.82) is 0 Å². The Balaban J connectivity index is 3.15. The Bertz CT molecular complexity index is 322. The first-order valence-corrected chi connectivity index (χ1v) is 4.97. The third-order valence-corrected chi connectivity index (χ3v) is 2.36. The van der Waals surface area contributed by atoms with Gasteiger partial charge in [0.05, 0.1) is 0 Å². The van der Waals surface area contributed by atoms with Crippen LogP contribution in [-0.2, 0) is 5.41 Å². The SMILES string of the molecule is Cc1cc(N(C)C)ncc1C(C)(C)C. The molecular formula is C12H20N2. The maximum Gasteiger partial charge on any atom is 0.128 e. The molecule has 1 heterocycles. The number of rotatable bonds is 1. The van der Waals surface area contributed by atoms with E-state index in [2.05, 4.69) is 38.7 Å². The lowest BCUT2D eigenvalue weighted by Crippen LogP contribution is -2.16. The number of anilines is 1. The molecule has 0 atom stereocenters. The molecule has 0 spiro atoms. The fourth-order valence-electron chi connectivity index (χ4n) is 1.57. The Hall–Kier alpha value is -1.05. The smallest absolute Gasteiger partial charge is 0.128 e. The van der Waals surface area contributed by atoms with Gasteiger partial charge in [-0.15, -0.1) is 0 Å². The molecule has 0 fully saturated rings. The zero-order chi connectivity index (χ0) is 10.9. The Morgan fingerprint density at radius 3 is 2.14 bits per heavy atom. The molecule has 0 radical (unpaired) electrons. The van der Waals surface area contributed by atoms with Gasteiger partial charge in [-0.2, -0.15) is 0 Å². The maximum atomic E-state index is 4.43. The molecule has 2 heteroatoms. The average molecular weight is 192 g/mol. The van der Waals surface area contributed by atoms with Crippen LogP contribution in [0.4, 0.5) is 5.82 Å². The van der Waals surface area contributed by atoms with E-state index in [9.17, 15) is 0 Å². The second-order valence-corrected chi connectivity index (χ2v) is 5.00. The average Bonchev–Trinajstić information content (AvgIpc) is 2.01. The van der Waals surface area contributed by atoms with Gasteiger partial charge < -0.3 is 4.90 Å². The van der Waals surface area contributed by atoms with Gasteiger partial charge in [0.2, 0.25) is 0 Å². The summed E-state index contributed by atoms with van der Waals surface area (Å²) in [6.07, 6.45) is 1.99. The van der Waals surface area contributed by atoms with Gasteiger partial charge in [-0.25, -0.2) is 4.98 Å². The fourth-order valence-corrected chi connectivity index (χ4v) is 1.57. The first-order valence-electron chi connectivity index (χ1n) is 4.97. The molecule has 0 aliphatic rings. The van der Waals surface area contributed by atoms with E-state index >= 15 is 0 Å². The molecule has 0 aromatic carbocycles. The van der Waals surface area contributed by atoms with Crippen LogP contribution in [0.2, 0.25) is 0 Å². The number of nitrogens with zero attached hydrogens (tertiary/aromatic N) is 2. The standard InChI is InChI=1S/C12H20N2/c1-9-7-11(14(5)6)13-8-10(9)12(2,3)4/h7-8H,1-6H3. The Morgan fingerprint density at radius 2 is 1.79 bits per heavy atom. The minimum absolute atomic E-state index is 0.182. The van der Waals surface area contributed by atoms with Gasteiger partial charge in [-0.05, 0) is 29.5 Å². The quantitative estimate of drug-likeness (QED) is 0.680. The highest BCUT2D eigenvalue weighted by Gasteiger charge is 2.16. The fraction of sp³-hybridized carbons (Fsp3) is 0.583. The summed E-state index contributed by atoms with van der Waals surface area (Å²) >= 11 is 0.